The number of hydrogen-bond donors (Lipinski definition) is 2. The fourth-order valence-corrected chi connectivity index (χ4v) is 3.99. The predicted octanol–water partition coefficient (Wildman–Crippen LogP) is 7.05. The van der Waals surface area contributed by atoms with E-state index in [0.717, 1.165) is 22.5 Å². The van der Waals surface area contributed by atoms with Gasteiger partial charge in [0, 0.05) is 26.8 Å². The molecule has 2 aromatic rings. The third kappa shape index (κ3) is 5.26. The average molecular weight is 446 g/mol. The molecule has 3 rings (SSSR count). The summed E-state index contributed by atoms with van der Waals surface area (Å²) in [5.41, 5.74) is 4.13. The van der Waals surface area contributed by atoms with Crippen molar-refractivity contribution < 1.29 is 14.6 Å². The molecule has 6 heteroatoms. The molecular weight excluding hydrogens is 418 g/mol. The van der Waals surface area contributed by atoms with Crippen molar-refractivity contribution in [2.24, 2.45) is 10.9 Å². The van der Waals surface area contributed by atoms with Gasteiger partial charge in [-0.3, -0.25) is 4.99 Å². The molecule has 1 N–H and O–H groups in total. The molecule has 0 radical (unpaired) electrons. The Morgan fingerprint density at radius 2 is 1.87 bits per heavy atom. The second-order valence-electron chi connectivity index (χ2n) is 8.83. The maximum Gasteiger partial charge on any atom is 0.337 e. The summed E-state index contributed by atoms with van der Waals surface area (Å²) in [5.74, 6) is -0.505. The number of nitrogens with zero attached hydrogens (tertiary/aromatic N) is 1. The van der Waals surface area contributed by atoms with Gasteiger partial charge in [-0.15, -0.1) is 12.6 Å². The predicted molar refractivity (Wildman–Crippen MR) is 126 cm³/mol. The number of benzene rings is 2. The molecule has 0 spiro atoms. The molecule has 2 aromatic carbocycles. The van der Waals surface area contributed by atoms with Crippen molar-refractivity contribution in [3.8, 4) is 11.1 Å². The van der Waals surface area contributed by atoms with Crippen molar-refractivity contribution >= 4 is 41.6 Å². The zero-order valence-corrected chi connectivity index (χ0v) is 19.6. The number of rotatable bonds is 6. The molecule has 1 fully saturated rings. The summed E-state index contributed by atoms with van der Waals surface area (Å²) in [5, 5.41) is 10.6. The van der Waals surface area contributed by atoms with Gasteiger partial charge in [0.05, 0.1) is 11.3 Å². The summed E-state index contributed by atoms with van der Waals surface area (Å²) in [6, 6.07) is 9.23. The number of hydrogen-bond acceptors (Lipinski definition) is 4. The average Bonchev–Trinajstić information content (AvgIpc) is 3.48. The van der Waals surface area contributed by atoms with E-state index in [4.69, 9.17) is 34.0 Å². The van der Waals surface area contributed by atoms with Gasteiger partial charge in [0.25, 0.3) is 0 Å². The minimum Gasteiger partial charge on any atom is -0.479 e. The number of thiol groups is 1. The SMILES string of the molecule is CC(=Nc1cc(C)c([C@H](OC(C)(C)C)C(=O)O)c(-c2ccc(Cl)cc2)c1S)C1CC1. The number of aliphatic carboxylic acids is 1. The number of halogens is 1. The largest absolute Gasteiger partial charge is 0.479 e. The fourth-order valence-electron chi connectivity index (χ4n) is 3.50. The molecule has 0 heterocycles. The van der Waals surface area contributed by atoms with E-state index in [1.165, 1.54) is 12.8 Å². The first-order valence-electron chi connectivity index (χ1n) is 10.1. The third-order valence-corrected chi connectivity index (χ3v) is 5.79. The van der Waals surface area contributed by atoms with Crippen molar-refractivity contribution in [2.75, 3.05) is 0 Å². The highest BCUT2D eigenvalue weighted by molar-refractivity contribution is 7.80. The zero-order valence-electron chi connectivity index (χ0n) is 18.0. The monoisotopic (exact) mass is 445 g/mol. The minimum absolute atomic E-state index is 0.535. The van der Waals surface area contributed by atoms with Gasteiger partial charge in [-0.25, -0.2) is 4.79 Å². The maximum atomic E-state index is 12.2. The lowest BCUT2D eigenvalue weighted by molar-refractivity contribution is -0.160. The smallest absolute Gasteiger partial charge is 0.337 e. The molecule has 1 saturated carbocycles. The van der Waals surface area contributed by atoms with Crippen LogP contribution in [0.4, 0.5) is 5.69 Å². The van der Waals surface area contributed by atoms with Crippen LogP contribution >= 0.6 is 24.2 Å². The first-order chi connectivity index (χ1) is 14.0. The quantitative estimate of drug-likeness (QED) is 0.370. The lowest BCUT2D eigenvalue weighted by Crippen LogP contribution is -2.28. The second-order valence-corrected chi connectivity index (χ2v) is 9.72. The molecule has 0 unspecified atom stereocenters. The van der Waals surface area contributed by atoms with Crippen LogP contribution in [0, 0.1) is 12.8 Å². The van der Waals surface area contributed by atoms with Gasteiger partial charge in [-0.2, -0.15) is 0 Å². The summed E-state index contributed by atoms with van der Waals surface area (Å²) in [6.45, 7) is 9.48. The van der Waals surface area contributed by atoms with E-state index in [1.54, 1.807) is 12.1 Å². The number of ether oxygens (including phenoxy) is 1. The van der Waals surface area contributed by atoms with Gasteiger partial charge in [0.15, 0.2) is 6.10 Å². The van der Waals surface area contributed by atoms with Gasteiger partial charge in [0.1, 0.15) is 0 Å². The summed E-state index contributed by atoms with van der Waals surface area (Å²) in [7, 11) is 0. The molecule has 0 saturated heterocycles. The Kier molecular flexibility index (Phi) is 6.66. The van der Waals surface area contributed by atoms with Crippen LogP contribution in [0.15, 0.2) is 40.2 Å². The topological polar surface area (TPSA) is 58.9 Å². The van der Waals surface area contributed by atoms with Crippen LogP contribution in [0.3, 0.4) is 0 Å². The molecule has 160 valence electrons. The number of aryl methyl sites for hydroxylation is 1. The van der Waals surface area contributed by atoms with Crippen molar-refractivity contribution in [1.29, 1.82) is 0 Å². The molecule has 0 amide bonds. The van der Waals surface area contributed by atoms with E-state index < -0.39 is 17.7 Å². The van der Waals surface area contributed by atoms with Crippen LogP contribution in [-0.4, -0.2) is 22.4 Å². The molecule has 4 nitrogen and oxygen atoms in total. The van der Waals surface area contributed by atoms with Crippen molar-refractivity contribution in [2.45, 2.75) is 64.1 Å². The lowest BCUT2D eigenvalue weighted by atomic mass is 9.90. The Balaban J connectivity index is 2.27. The number of carboxylic acid groups (broad SMARTS) is 1. The Bertz CT molecular complexity index is 989. The molecule has 0 aliphatic heterocycles. The number of aliphatic imine (C=N–C) groups is 1. The Hall–Kier alpha value is -1.82. The van der Waals surface area contributed by atoms with Gasteiger partial charge in [-0.05, 0) is 82.7 Å². The highest BCUT2D eigenvalue weighted by Gasteiger charge is 2.32. The van der Waals surface area contributed by atoms with E-state index in [1.807, 2.05) is 52.8 Å². The van der Waals surface area contributed by atoms with E-state index in [9.17, 15) is 9.90 Å². The van der Waals surface area contributed by atoms with Gasteiger partial charge < -0.3 is 9.84 Å². The van der Waals surface area contributed by atoms with Crippen LogP contribution in [-0.2, 0) is 9.53 Å². The molecule has 0 bridgehead atoms. The first kappa shape index (κ1) is 22.9. The van der Waals surface area contributed by atoms with E-state index in [-0.39, 0.29) is 0 Å². The first-order valence-corrected chi connectivity index (χ1v) is 10.9. The Labute approximate surface area is 188 Å². The lowest BCUT2D eigenvalue weighted by Gasteiger charge is -2.28. The normalized spacial score (nSPS) is 15.9. The Morgan fingerprint density at radius 1 is 1.27 bits per heavy atom. The highest BCUT2D eigenvalue weighted by Crippen LogP contribution is 2.44. The van der Waals surface area contributed by atoms with Crippen LogP contribution < -0.4 is 0 Å². The molecule has 1 aliphatic carbocycles. The minimum atomic E-state index is -1.14. The van der Waals surface area contributed by atoms with E-state index >= 15 is 0 Å². The summed E-state index contributed by atoms with van der Waals surface area (Å²) >= 11 is 10.9. The zero-order chi connectivity index (χ0) is 22.2. The molecule has 1 aliphatic rings. The number of carbonyl (C=O) groups is 1. The Morgan fingerprint density at radius 3 is 2.37 bits per heavy atom. The second kappa shape index (κ2) is 8.74. The number of carboxylic acids is 1. The highest BCUT2D eigenvalue weighted by atomic mass is 35.5. The van der Waals surface area contributed by atoms with Crippen LogP contribution in [0.25, 0.3) is 11.1 Å². The summed E-state index contributed by atoms with van der Waals surface area (Å²) in [4.78, 5) is 17.7. The van der Waals surface area contributed by atoms with Crippen LogP contribution in [0.5, 0.6) is 0 Å². The molecular formula is C24H28ClNO3S. The van der Waals surface area contributed by atoms with E-state index in [0.29, 0.717) is 27.0 Å². The van der Waals surface area contributed by atoms with Crippen LogP contribution in [0.1, 0.15) is 57.8 Å². The maximum absolute atomic E-state index is 12.2. The molecule has 30 heavy (non-hydrogen) atoms. The summed E-state index contributed by atoms with van der Waals surface area (Å²) in [6.07, 6.45) is 1.20. The van der Waals surface area contributed by atoms with Gasteiger partial charge in [-0.1, -0.05) is 23.7 Å². The van der Waals surface area contributed by atoms with Crippen molar-refractivity contribution in [3.63, 3.8) is 0 Å². The van der Waals surface area contributed by atoms with E-state index in [2.05, 4.69) is 0 Å². The third-order valence-electron chi connectivity index (χ3n) is 5.08. The van der Waals surface area contributed by atoms with Gasteiger partial charge >= 0.3 is 5.97 Å². The summed E-state index contributed by atoms with van der Waals surface area (Å²) < 4.78 is 5.98. The molecule has 0 aromatic heterocycles. The van der Waals surface area contributed by atoms with Crippen molar-refractivity contribution in [3.05, 3.63) is 46.5 Å². The fraction of sp³-hybridized carbons (Fsp3) is 0.417. The van der Waals surface area contributed by atoms with Crippen LogP contribution in [0.2, 0.25) is 5.02 Å². The standard InChI is InChI=1S/C24H28ClNO3S/c1-13-12-18(26-14(2)15-6-7-15)22(30)20(16-8-10-17(25)11-9-16)19(13)21(23(27)28)29-24(3,4)5/h8-12,15,21,30H,6-7H2,1-5H3,(H,27,28)/t21-/m0/s1. The van der Waals surface area contributed by atoms with Crippen molar-refractivity contribution in [1.82, 2.24) is 0 Å². The van der Waals surface area contributed by atoms with Gasteiger partial charge in [0.2, 0.25) is 0 Å². The molecule has 1 atom stereocenters.